The van der Waals surface area contributed by atoms with Crippen LogP contribution in [0.4, 0.5) is 10.2 Å². The Balaban J connectivity index is 1.70. The number of nitrogens with zero attached hydrogens (tertiary/aromatic N) is 2. The summed E-state index contributed by atoms with van der Waals surface area (Å²) in [5, 5.41) is 7.80. The zero-order valence-electron chi connectivity index (χ0n) is 16.0. The van der Waals surface area contributed by atoms with Crippen LogP contribution in [0.3, 0.4) is 0 Å². The van der Waals surface area contributed by atoms with Crippen molar-refractivity contribution in [1.29, 1.82) is 0 Å². The van der Waals surface area contributed by atoms with E-state index in [-0.39, 0.29) is 5.82 Å². The van der Waals surface area contributed by atoms with Crippen LogP contribution in [0.15, 0.2) is 47.1 Å². The molecule has 1 aliphatic rings. The van der Waals surface area contributed by atoms with Crippen LogP contribution in [0.2, 0.25) is 0 Å². The number of benzene rings is 1. The first-order chi connectivity index (χ1) is 13.7. The summed E-state index contributed by atoms with van der Waals surface area (Å²) >= 11 is 0. The Morgan fingerprint density at radius 1 is 1.11 bits per heavy atom. The molecular formula is C22H24FN3O2. The highest BCUT2D eigenvalue weighted by Gasteiger charge is 2.20. The average Bonchev–Trinajstić information content (AvgIpc) is 3.13. The number of aromatic nitrogens is 2. The first-order valence-electron chi connectivity index (χ1n) is 9.71. The van der Waals surface area contributed by atoms with E-state index in [1.54, 1.807) is 25.4 Å². The van der Waals surface area contributed by atoms with E-state index in [4.69, 9.17) is 9.26 Å². The molecule has 0 atom stereocenters. The van der Waals surface area contributed by atoms with Crippen molar-refractivity contribution >= 4 is 5.82 Å². The molecule has 0 aliphatic heterocycles. The lowest BCUT2D eigenvalue weighted by atomic mass is 9.95. The van der Waals surface area contributed by atoms with Crippen molar-refractivity contribution in [2.75, 3.05) is 12.4 Å². The lowest BCUT2D eigenvalue weighted by molar-refractivity contribution is 0.156. The number of rotatable bonds is 6. The minimum Gasteiger partial charge on any atom is -0.377 e. The fraction of sp³-hybridized carbons (Fsp3) is 0.364. The van der Waals surface area contributed by atoms with E-state index in [1.807, 2.05) is 12.1 Å². The SMILES string of the molecule is COCc1onc(-c2ccc(F)cc2)c1-c1ccnc(NC2CCCCC2)c1. The van der Waals surface area contributed by atoms with Crippen LogP contribution < -0.4 is 5.32 Å². The molecule has 3 aromatic rings. The van der Waals surface area contributed by atoms with Gasteiger partial charge in [0.2, 0.25) is 0 Å². The van der Waals surface area contributed by atoms with Gasteiger partial charge in [-0.1, -0.05) is 24.4 Å². The van der Waals surface area contributed by atoms with Gasteiger partial charge in [0.15, 0.2) is 5.76 Å². The van der Waals surface area contributed by atoms with E-state index in [0.29, 0.717) is 24.1 Å². The maximum absolute atomic E-state index is 13.3. The molecule has 0 saturated heterocycles. The number of methoxy groups -OCH3 is 1. The third-order valence-corrected chi connectivity index (χ3v) is 5.16. The number of hydrogen-bond acceptors (Lipinski definition) is 5. The third-order valence-electron chi connectivity index (χ3n) is 5.16. The largest absolute Gasteiger partial charge is 0.377 e. The Kier molecular flexibility index (Phi) is 5.67. The number of ether oxygens (including phenoxy) is 1. The quantitative estimate of drug-likeness (QED) is 0.617. The van der Waals surface area contributed by atoms with E-state index in [9.17, 15) is 4.39 Å². The Labute approximate surface area is 163 Å². The molecule has 1 aromatic carbocycles. The Morgan fingerprint density at radius 3 is 2.64 bits per heavy atom. The molecule has 0 spiro atoms. The van der Waals surface area contributed by atoms with Gasteiger partial charge < -0.3 is 14.6 Å². The van der Waals surface area contributed by atoms with Crippen LogP contribution in [0.25, 0.3) is 22.4 Å². The fourth-order valence-electron chi connectivity index (χ4n) is 3.78. The van der Waals surface area contributed by atoms with Crippen LogP contribution in [0, 0.1) is 5.82 Å². The summed E-state index contributed by atoms with van der Waals surface area (Å²) < 4.78 is 24.2. The lowest BCUT2D eigenvalue weighted by Gasteiger charge is -2.23. The van der Waals surface area contributed by atoms with Crippen LogP contribution in [-0.4, -0.2) is 23.3 Å². The predicted octanol–water partition coefficient (Wildman–Crippen LogP) is 5.43. The van der Waals surface area contributed by atoms with Crippen molar-refractivity contribution in [1.82, 2.24) is 10.1 Å². The monoisotopic (exact) mass is 381 g/mol. The zero-order valence-corrected chi connectivity index (χ0v) is 16.0. The summed E-state index contributed by atoms with van der Waals surface area (Å²) in [5.41, 5.74) is 3.26. The highest BCUT2D eigenvalue weighted by atomic mass is 19.1. The lowest BCUT2D eigenvalue weighted by Crippen LogP contribution is -2.22. The van der Waals surface area contributed by atoms with Gasteiger partial charge in [0, 0.05) is 24.9 Å². The molecule has 0 unspecified atom stereocenters. The van der Waals surface area contributed by atoms with Crippen molar-refractivity contribution in [2.45, 2.75) is 44.8 Å². The molecule has 4 rings (SSSR count). The number of pyridine rings is 1. The number of anilines is 1. The summed E-state index contributed by atoms with van der Waals surface area (Å²) in [7, 11) is 1.62. The predicted molar refractivity (Wildman–Crippen MR) is 106 cm³/mol. The molecule has 1 N–H and O–H groups in total. The van der Waals surface area contributed by atoms with E-state index < -0.39 is 0 Å². The molecule has 1 fully saturated rings. The topological polar surface area (TPSA) is 60.2 Å². The normalized spacial score (nSPS) is 14.9. The van der Waals surface area contributed by atoms with Gasteiger partial charge in [0.25, 0.3) is 0 Å². The van der Waals surface area contributed by atoms with Crippen molar-refractivity contribution in [3.05, 3.63) is 54.2 Å². The average molecular weight is 381 g/mol. The van der Waals surface area contributed by atoms with Gasteiger partial charge in [-0.25, -0.2) is 9.37 Å². The fourth-order valence-corrected chi connectivity index (χ4v) is 3.78. The smallest absolute Gasteiger partial charge is 0.170 e. The van der Waals surface area contributed by atoms with Crippen molar-refractivity contribution in [2.24, 2.45) is 0 Å². The summed E-state index contributed by atoms with van der Waals surface area (Å²) in [5.74, 6) is 1.20. The number of halogens is 1. The van der Waals surface area contributed by atoms with Crippen LogP contribution in [0.5, 0.6) is 0 Å². The highest BCUT2D eigenvalue weighted by Crippen LogP contribution is 2.36. The second-order valence-corrected chi connectivity index (χ2v) is 7.18. The molecule has 1 aliphatic carbocycles. The summed E-state index contributed by atoms with van der Waals surface area (Å²) in [6, 6.07) is 10.7. The maximum atomic E-state index is 13.3. The minimum atomic E-state index is -0.284. The molecule has 0 radical (unpaired) electrons. The van der Waals surface area contributed by atoms with E-state index in [1.165, 1.54) is 44.2 Å². The molecule has 146 valence electrons. The van der Waals surface area contributed by atoms with Crippen molar-refractivity contribution < 1.29 is 13.7 Å². The zero-order chi connectivity index (χ0) is 19.3. The maximum Gasteiger partial charge on any atom is 0.170 e. The molecule has 2 aromatic heterocycles. The Morgan fingerprint density at radius 2 is 1.89 bits per heavy atom. The second-order valence-electron chi connectivity index (χ2n) is 7.18. The van der Waals surface area contributed by atoms with Crippen LogP contribution >= 0.6 is 0 Å². The van der Waals surface area contributed by atoms with Gasteiger partial charge >= 0.3 is 0 Å². The number of nitrogens with one attached hydrogen (secondary N) is 1. The molecule has 28 heavy (non-hydrogen) atoms. The summed E-state index contributed by atoms with van der Waals surface area (Å²) in [4.78, 5) is 4.49. The Hall–Kier alpha value is -2.73. The van der Waals surface area contributed by atoms with Gasteiger partial charge in [-0.2, -0.15) is 0 Å². The molecular weight excluding hydrogens is 357 g/mol. The van der Waals surface area contributed by atoms with Gasteiger partial charge in [-0.05, 0) is 54.8 Å². The molecule has 1 saturated carbocycles. The van der Waals surface area contributed by atoms with Crippen molar-refractivity contribution in [3.8, 4) is 22.4 Å². The molecule has 0 bridgehead atoms. The second kappa shape index (κ2) is 8.52. The summed E-state index contributed by atoms with van der Waals surface area (Å²) in [6.07, 6.45) is 7.97. The first kappa shape index (κ1) is 18.6. The Bertz CT molecular complexity index is 918. The van der Waals surface area contributed by atoms with Gasteiger partial charge in [-0.15, -0.1) is 0 Å². The minimum absolute atomic E-state index is 0.284. The first-order valence-corrected chi connectivity index (χ1v) is 9.71. The van der Waals surface area contributed by atoms with Gasteiger partial charge in [0.05, 0.1) is 5.56 Å². The van der Waals surface area contributed by atoms with Crippen LogP contribution in [-0.2, 0) is 11.3 Å². The third kappa shape index (κ3) is 4.07. The highest BCUT2D eigenvalue weighted by molar-refractivity contribution is 5.82. The van der Waals surface area contributed by atoms with Crippen molar-refractivity contribution in [3.63, 3.8) is 0 Å². The molecule has 0 amide bonds. The molecule has 6 heteroatoms. The van der Waals surface area contributed by atoms with E-state index >= 15 is 0 Å². The molecule has 5 nitrogen and oxygen atoms in total. The standard InChI is InChI=1S/C22H24FN3O2/c1-27-14-19-21(22(26-28-19)15-7-9-17(23)10-8-15)16-11-12-24-20(13-16)25-18-5-3-2-4-6-18/h7-13,18H,2-6,14H2,1H3,(H,24,25). The van der Waals surface area contributed by atoms with E-state index in [0.717, 1.165) is 22.5 Å². The summed E-state index contributed by atoms with van der Waals surface area (Å²) in [6.45, 7) is 0.303. The van der Waals surface area contributed by atoms with Gasteiger partial charge in [0.1, 0.15) is 23.9 Å². The van der Waals surface area contributed by atoms with Crippen LogP contribution in [0.1, 0.15) is 37.9 Å². The van der Waals surface area contributed by atoms with Gasteiger partial charge in [-0.3, -0.25) is 0 Å². The number of hydrogen-bond donors (Lipinski definition) is 1. The molecule has 2 heterocycles. The van der Waals surface area contributed by atoms with E-state index in [2.05, 4.69) is 15.5 Å².